The molecule has 0 spiro atoms. The number of ether oxygens (including phenoxy) is 2. The molecule has 4 heterocycles. The first kappa shape index (κ1) is 22.2. The number of carbonyl (C=O) groups excluding carboxylic acids is 1. The van der Waals surface area contributed by atoms with Gasteiger partial charge in [-0.05, 0) is 79.8 Å². The Morgan fingerprint density at radius 3 is 2.73 bits per heavy atom. The molecule has 3 aromatic rings. The fraction of sp³-hybridized carbons (Fsp3) is 0.407. The third-order valence-corrected chi connectivity index (χ3v) is 7.66. The molecule has 0 aliphatic carbocycles. The Morgan fingerprint density at radius 2 is 2.03 bits per heavy atom. The average Bonchev–Trinajstić information content (AvgIpc) is 2.87. The van der Waals surface area contributed by atoms with Crippen LogP contribution in [-0.4, -0.2) is 42.1 Å². The molecular formula is C27H29ClN2O3. The predicted octanol–water partition coefficient (Wildman–Crippen LogP) is 5.92. The second-order valence-corrected chi connectivity index (χ2v) is 9.57. The summed E-state index contributed by atoms with van der Waals surface area (Å²) < 4.78 is 11.8. The second kappa shape index (κ2) is 9.32. The van der Waals surface area contributed by atoms with Crippen LogP contribution in [0.25, 0.3) is 10.9 Å². The maximum Gasteiger partial charge on any atom is 0.338 e. The van der Waals surface area contributed by atoms with Crippen molar-refractivity contribution in [2.45, 2.75) is 38.3 Å². The van der Waals surface area contributed by atoms with Crippen LogP contribution in [0.5, 0.6) is 5.75 Å². The smallest absolute Gasteiger partial charge is 0.338 e. The fourth-order valence-corrected chi connectivity index (χ4v) is 5.72. The number of pyridine rings is 1. The van der Waals surface area contributed by atoms with Crippen LogP contribution in [0.2, 0.25) is 5.02 Å². The standard InChI is InChI=1S/C27H29ClN2O3/c1-3-17-16-30-13-11-19(17)14-25(30)26(33-27(31)18-4-6-20(28)7-5-18)22-10-12-29-24-9-8-21(32-2)15-23(22)24/h4-10,12,15,17,19,25-26H,3,11,13-14,16H2,1-2H3/t17-,19+,25+,26-/m0/s1. The highest BCUT2D eigenvalue weighted by Gasteiger charge is 2.44. The Bertz CT molecular complexity index is 1150. The Morgan fingerprint density at radius 1 is 1.21 bits per heavy atom. The highest BCUT2D eigenvalue weighted by molar-refractivity contribution is 6.30. The number of methoxy groups -OCH3 is 1. The summed E-state index contributed by atoms with van der Waals surface area (Å²) >= 11 is 6.03. The molecule has 3 aliphatic heterocycles. The summed E-state index contributed by atoms with van der Waals surface area (Å²) in [7, 11) is 1.66. The lowest BCUT2D eigenvalue weighted by Crippen LogP contribution is -2.55. The van der Waals surface area contributed by atoms with Gasteiger partial charge in [-0.1, -0.05) is 24.9 Å². The molecule has 0 N–H and O–H groups in total. The van der Waals surface area contributed by atoms with Crippen LogP contribution in [0, 0.1) is 11.8 Å². The predicted molar refractivity (Wildman–Crippen MR) is 130 cm³/mol. The van der Waals surface area contributed by atoms with Crippen LogP contribution >= 0.6 is 11.6 Å². The minimum Gasteiger partial charge on any atom is -0.497 e. The Labute approximate surface area is 199 Å². The summed E-state index contributed by atoms with van der Waals surface area (Å²) in [4.78, 5) is 20.3. The molecule has 172 valence electrons. The Hall–Kier alpha value is -2.63. The van der Waals surface area contributed by atoms with E-state index in [1.807, 2.05) is 24.3 Å². The van der Waals surface area contributed by atoms with E-state index in [0.29, 0.717) is 16.5 Å². The number of rotatable bonds is 6. The van der Waals surface area contributed by atoms with Gasteiger partial charge in [-0.25, -0.2) is 4.79 Å². The monoisotopic (exact) mass is 464 g/mol. The van der Waals surface area contributed by atoms with E-state index in [0.717, 1.165) is 47.6 Å². The maximum absolute atomic E-state index is 13.2. The van der Waals surface area contributed by atoms with E-state index in [2.05, 4.69) is 16.8 Å². The van der Waals surface area contributed by atoms with Crippen molar-refractivity contribution in [2.24, 2.45) is 11.8 Å². The number of fused-ring (bicyclic) bond motifs is 4. The zero-order valence-corrected chi connectivity index (χ0v) is 19.8. The number of nitrogens with zero attached hydrogens (tertiary/aromatic N) is 2. The molecule has 0 saturated carbocycles. The largest absolute Gasteiger partial charge is 0.497 e. The number of carbonyl (C=O) groups is 1. The van der Waals surface area contributed by atoms with Crippen molar-refractivity contribution < 1.29 is 14.3 Å². The molecule has 6 heteroatoms. The van der Waals surface area contributed by atoms with Crippen molar-refractivity contribution in [2.75, 3.05) is 20.2 Å². The SMILES string of the molecule is CC[C@H]1CN2CC[C@@H]1C[C@@H]2[C@@H](OC(=O)c1ccc(Cl)cc1)c1ccnc2ccc(OC)cc12. The zero-order chi connectivity index (χ0) is 22.9. The number of benzene rings is 2. The van der Waals surface area contributed by atoms with E-state index >= 15 is 0 Å². The molecule has 5 nitrogen and oxygen atoms in total. The van der Waals surface area contributed by atoms with E-state index in [-0.39, 0.29) is 12.0 Å². The Kier molecular flexibility index (Phi) is 6.26. The van der Waals surface area contributed by atoms with Crippen molar-refractivity contribution >= 4 is 28.5 Å². The molecule has 5 atom stereocenters. The zero-order valence-electron chi connectivity index (χ0n) is 19.0. The van der Waals surface area contributed by atoms with E-state index in [4.69, 9.17) is 21.1 Å². The first-order valence-electron chi connectivity index (χ1n) is 11.7. The van der Waals surface area contributed by atoms with Gasteiger partial charge in [-0.2, -0.15) is 0 Å². The molecule has 0 amide bonds. The van der Waals surface area contributed by atoms with Gasteiger partial charge in [0.1, 0.15) is 11.9 Å². The maximum atomic E-state index is 13.2. The van der Waals surface area contributed by atoms with Gasteiger partial charge in [0.05, 0.1) is 24.2 Å². The van der Waals surface area contributed by atoms with E-state index in [1.54, 1.807) is 37.6 Å². The summed E-state index contributed by atoms with van der Waals surface area (Å²) in [6.45, 7) is 4.39. The normalized spacial score (nSPS) is 25.1. The van der Waals surface area contributed by atoms with Crippen LogP contribution in [0.1, 0.15) is 48.2 Å². The van der Waals surface area contributed by atoms with Gasteiger partial charge in [-0.3, -0.25) is 9.88 Å². The van der Waals surface area contributed by atoms with E-state index in [9.17, 15) is 4.79 Å². The van der Waals surface area contributed by atoms with Gasteiger partial charge in [0.15, 0.2) is 0 Å². The fourth-order valence-electron chi connectivity index (χ4n) is 5.60. The van der Waals surface area contributed by atoms with E-state index in [1.165, 1.54) is 12.8 Å². The van der Waals surface area contributed by atoms with Crippen molar-refractivity contribution in [1.82, 2.24) is 9.88 Å². The van der Waals surface area contributed by atoms with E-state index < -0.39 is 6.10 Å². The van der Waals surface area contributed by atoms with Gasteiger partial charge >= 0.3 is 5.97 Å². The first-order valence-corrected chi connectivity index (χ1v) is 12.1. The van der Waals surface area contributed by atoms with Crippen LogP contribution in [-0.2, 0) is 4.74 Å². The number of halogens is 1. The lowest BCUT2D eigenvalue weighted by molar-refractivity contribution is -0.0659. The number of piperidine rings is 3. The minimum absolute atomic E-state index is 0.139. The second-order valence-electron chi connectivity index (χ2n) is 9.13. The summed E-state index contributed by atoms with van der Waals surface area (Å²) in [6.07, 6.45) is 4.85. The van der Waals surface area contributed by atoms with Crippen molar-refractivity contribution in [1.29, 1.82) is 0 Å². The lowest BCUT2D eigenvalue weighted by atomic mass is 9.72. The highest BCUT2D eigenvalue weighted by atomic mass is 35.5. The van der Waals surface area contributed by atoms with Gasteiger partial charge in [0.25, 0.3) is 0 Å². The molecule has 3 saturated heterocycles. The lowest BCUT2D eigenvalue weighted by Gasteiger charge is -2.51. The van der Waals surface area contributed by atoms with Crippen molar-refractivity contribution in [3.63, 3.8) is 0 Å². The highest BCUT2D eigenvalue weighted by Crippen LogP contribution is 2.44. The third kappa shape index (κ3) is 4.32. The molecule has 0 radical (unpaired) electrons. The van der Waals surface area contributed by atoms with Crippen LogP contribution in [0.15, 0.2) is 54.7 Å². The van der Waals surface area contributed by atoms with Gasteiger partial charge in [0, 0.05) is 28.7 Å². The first-order chi connectivity index (χ1) is 16.1. The number of hydrogen-bond donors (Lipinski definition) is 0. The molecule has 1 aromatic heterocycles. The van der Waals surface area contributed by atoms with Gasteiger partial charge < -0.3 is 9.47 Å². The summed E-state index contributed by atoms with van der Waals surface area (Å²) in [6, 6.07) is 14.9. The molecule has 3 fully saturated rings. The summed E-state index contributed by atoms with van der Waals surface area (Å²) in [5.74, 6) is 1.82. The molecule has 2 aromatic carbocycles. The molecule has 3 aliphatic rings. The van der Waals surface area contributed by atoms with Gasteiger partial charge in [0.2, 0.25) is 0 Å². The van der Waals surface area contributed by atoms with Crippen LogP contribution in [0.4, 0.5) is 0 Å². The number of aromatic nitrogens is 1. The Balaban J connectivity index is 1.55. The molecular weight excluding hydrogens is 436 g/mol. The van der Waals surface area contributed by atoms with Gasteiger partial charge in [-0.15, -0.1) is 0 Å². The minimum atomic E-state index is -0.397. The average molecular weight is 465 g/mol. The molecule has 6 rings (SSSR count). The summed E-state index contributed by atoms with van der Waals surface area (Å²) in [5.41, 5.74) is 2.35. The van der Waals surface area contributed by atoms with Crippen LogP contribution in [0.3, 0.4) is 0 Å². The van der Waals surface area contributed by atoms with Crippen molar-refractivity contribution in [3.8, 4) is 5.75 Å². The quantitative estimate of drug-likeness (QED) is 0.424. The summed E-state index contributed by atoms with van der Waals surface area (Å²) in [5, 5.41) is 1.55. The molecule has 1 unspecified atom stereocenters. The topological polar surface area (TPSA) is 51.7 Å². The molecule has 33 heavy (non-hydrogen) atoms. The number of esters is 1. The molecule has 2 bridgehead atoms. The van der Waals surface area contributed by atoms with Crippen molar-refractivity contribution in [3.05, 3.63) is 70.9 Å². The number of hydrogen-bond acceptors (Lipinski definition) is 5. The third-order valence-electron chi connectivity index (χ3n) is 7.41. The van der Waals surface area contributed by atoms with Crippen LogP contribution < -0.4 is 4.74 Å².